The molecule has 0 spiro atoms. The summed E-state index contributed by atoms with van der Waals surface area (Å²) in [5.74, 6) is 0.530. The van der Waals surface area contributed by atoms with Gasteiger partial charge >= 0.3 is 0 Å². The summed E-state index contributed by atoms with van der Waals surface area (Å²) in [6.45, 7) is 0. The van der Waals surface area contributed by atoms with Crippen LogP contribution in [0.5, 0.6) is 0 Å². The van der Waals surface area contributed by atoms with Crippen LogP contribution in [-0.2, 0) is 11.2 Å². The van der Waals surface area contributed by atoms with E-state index in [2.05, 4.69) is 9.97 Å². The number of rotatable bonds is 4. The number of hydrogen-bond donors (Lipinski definition) is 0. The third-order valence-corrected chi connectivity index (χ3v) is 2.97. The van der Waals surface area contributed by atoms with Gasteiger partial charge in [-0.05, 0) is 36.2 Å². The van der Waals surface area contributed by atoms with Crippen LogP contribution in [-0.4, -0.2) is 22.9 Å². The number of aromatic nitrogens is 2. The van der Waals surface area contributed by atoms with Crippen molar-refractivity contribution < 1.29 is 4.79 Å². The number of carbonyl (C=O) groups is 1. The first-order valence-corrected chi connectivity index (χ1v) is 6.22. The molecule has 0 radical (unpaired) electrons. The predicted octanol–water partition coefficient (Wildman–Crippen LogP) is 1.94. The molecule has 0 unspecified atom stereocenters. The average Bonchev–Trinajstić information content (AvgIpc) is 2.53. The van der Waals surface area contributed by atoms with Gasteiger partial charge in [-0.3, -0.25) is 14.7 Å². The predicted molar refractivity (Wildman–Crippen MR) is 74.9 cm³/mol. The Morgan fingerprint density at radius 3 is 2.65 bits per heavy atom. The molecule has 0 aromatic carbocycles. The minimum Gasteiger partial charge on any atom is -0.300 e. The highest BCUT2D eigenvalue weighted by molar-refractivity contribution is 5.91. The Morgan fingerprint density at radius 1 is 1.30 bits per heavy atom. The maximum atomic E-state index is 12.1. The van der Waals surface area contributed by atoms with Crippen LogP contribution in [0.2, 0.25) is 0 Å². The van der Waals surface area contributed by atoms with E-state index >= 15 is 0 Å². The number of pyridine rings is 2. The zero-order chi connectivity index (χ0) is 14.4. The monoisotopic (exact) mass is 266 g/mol. The lowest BCUT2D eigenvalue weighted by molar-refractivity contribution is -0.118. The van der Waals surface area contributed by atoms with Crippen molar-refractivity contribution in [2.45, 2.75) is 12.8 Å². The van der Waals surface area contributed by atoms with Crippen molar-refractivity contribution in [1.82, 2.24) is 9.97 Å². The molecular weight excluding hydrogens is 252 g/mol. The topological polar surface area (TPSA) is 69.9 Å². The van der Waals surface area contributed by atoms with Gasteiger partial charge in [0.2, 0.25) is 5.91 Å². The number of nitrogens with zero attached hydrogens (tertiary/aromatic N) is 4. The SMILES string of the molecule is CN(C(=O)CCc1ccncc1)c1ccc(C#N)cn1. The van der Waals surface area contributed by atoms with E-state index in [1.807, 2.05) is 18.2 Å². The van der Waals surface area contributed by atoms with Gasteiger partial charge in [-0.15, -0.1) is 0 Å². The van der Waals surface area contributed by atoms with Gasteiger partial charge in [-0.25, -0.2) is 4.98 Å². The van der Waals surface area contributed by atoms with Gasteiger partial charge in [0.1, 0.15) is 11.9 Å². The number of aryl methyl sites for hydroxylation is 1. The highest BCUT2D eigenvalue weighted by Gasteiger charge is 2.11. The Bertz CT molecular complexity index is 617. The van der Waals surface area contributed by atoms with Crippen LogP contribution in [0.25, 0.3) is 0 Å². The lowest BCUT2D eigenvalue weighted by atomic mass is 10.1. The molecule has 0 aliphatic rings. The molecule has 2 heterocycles. The largest absolute Gasteiger partial charge is 0.300 e. The molecule has 100 valence electrons. The molecule has 5 heteroatoms. The number of hydrogen-bond acceptors (Lipinski definition) is 4. The van der Waals surface area contributed by atoms with Crippen molar-refractivity contribution in [2.24, 2.45) is 0 Å². The standard InChI is InChI=1S/C15H14N4O/c1-19(14-4-2-13(10-16)11-18-14)15(20)5-3-12-6-8-17-9-7-12/h2,4,6-9,11H,3,5H2,1H3. The second-order valence-corrected chi connectivity index (χ2v) is 4.33. The Kier molecular flexibility index (Phi) is 4.40. The van der Waals surface area contributed by atoms with E-state index < -0.39 is 0 Å². The van der Waals surface area contributed by atoms with Crippen molar-refractivity contribution in [3.8, 4) is 6.07 Å². The summed E-state index contributed by atoms with van der Waals surface area (Å²) >= 11 is 0. The summed E-state index contributed by atoms with van der Waals surface area (Å²) in [7, 11) is 1.68. The Morgan fingerprint density at radius 2 is 2.05 bits per heavy atom. The Balaban J connectivity index is 1.96. The van der Waals surface area contributed by atoms with Crippen molar-refractivity contribution >= 4 is 11.7 Å². The summed E-state index contributed by atoms with van der Waals surface area (Å²) < 4.78 is 0. The molecule has 0 N–H and O–H groups in total. The molecule has 0 saturated heterocycles. The van der Waals surface area contributed by atoms with Crippen LogP contribution in [0.1, 0.15) is 17.5 Å². The highest BCUT2D eigenvalue weighted by atomic mass is 16.2. The summed E-state index contributed by atoms with van der Waals surface area (Å²) in [6.07, 6.45) is 5.96. The third-order valence-electron chi connectivity index (χ3n) is 2.97. The van der Waals surface area contributed by atoms with Crippen molar-refractivity contribution in [2.75, 3.05) is 11.9 Å². The first kappa shape index (κ1) is 13.7. The van der Waals surface area contributed by atoms with E-state index in [1.54, 1.807) is 31.6 Å². The highest BCUT2D eigenvalue weighted by Crippen LogP contribution is 2.11. The van der Waals surface area contributed by atoms with Gasteiger partial charge in [0.15, 0.2) is 0 Å². The van der Waals surface area contributed by atoms with Gasteiger partial charge in [0, 0.05) is 32.1 Å². The molecule has 0 atom stereocenters. The van der Waals surface area contributed by atoms with Crippen LogP contribution < -0.4 is 4.90 Å². The first-order chi connectivity index (χ1) is 9.70. The summed E-state index contributed by atoms with van der Waals surface area (Å²) in [5, 5.41) is 8.71. The van der Waals surface area contributed by atoms with Crippen LogP contribution in [0.15, 0.2) is 42.9 Å². The molecule has 2 rings (SSSR count). The molecule has 2 aromatic heterocycles. The maximum absolute atomic E-state index is 12.1. The number of nitriles is 1. The number of amides is 1. The molecular formula is C15H14N4O. The molecule has 0 saturated carbocycles. The van der Waals surface area contributed by atoms with Gasteiger partial charge in [-0.2, -0.15) is 5.26 Å². The van der Waals surface area contributed by atoms with E-state index in [4.69, 9.17) is 5.26 Å². The summed E-state index contributed by atoms with van der Waals surface area (Å²) in [6, 6.07) is 9.11. The maximum Gasteiger partial charge on any atom is 0.228 e. The van der Waals surface area contributed by atoms with Crippen molar-refractivity contribution in [3.05, 3.63) is 54.0 Å². The fraction of sp³-hybridized carbons (Fsp3) is 0.200. The van der Waals surface area contributed by atoms with Crippen LogP contribution >= 0.6 is 0 Å². The Hall–Kier alpha value is -2.74. The lowest BCUT2D eigenvalue weighted by Crippen LogP contribution is -2.27. The normalized spacial score (nSPS) is 9.80. The molecule has 0 bridgehead atoms. The minimum atomic E-state index is -0.0148. The first-order valence-electron chi connectivity index (χ1n) is 6.22. The molecule has 0 aliphatic carbocycles. The van der Waals surface area contributed by atoms with E-state index in [-0.39, 0.29) is 5.91 Å². The van der Waals surface area contributed by atoms with Crippen molar-refractivity contribution in [1.29, 1.82) is 5.26 Å². The second kappa shape index (κ2) is 6.43. The van der Waals surface area contributed by atoms with Gasteiger partial charge in [-0.1, -0.05) is 0 Å². The van der Waals surface area contributed by atoms with Gasteiger partial charge in [0.25, 0.3) is 0 Å². The number of anilines is 1. The molecule has 5 nitrogen and oxygen atoms in total. The third kappa shape index (κ3) is 3.39. The summed E-state index contributed by atoms with van der Waals surface area (Å²) in [4.78, 5) is 21.6. The fourth-order valence-electron chi connectivity index (χ4n) is 1.75. The molecule has 1 amide bonds. The Labute approximate surface area is 117 Å². The van der Waals surface area contributed by atoms with Gasteiger partial charge < -0.3 is 0 Å². The van der Waals surface area contributed by atoms with Crippen LogP contribution in [0, 0.1) is 11.3 Å². The van der Waals surface area contributed by atoms with E-state index in [1.165, 1.54) is 11.1 Å². The summed E-state index contributed by atoms with van der Waals surface area (Å²) in [5.41, 5.74) is 1.56. The van der Waals surface area contributed by atoms with E-state index in [0.29, 0.717) is 24.2 Å². The number of carbonyl (C=O) groups excluding carboxylic acids is 1. The minimum absolute atomic E-state index is 0.0148. The molecule has 0 fully saturated rings. The second-order valence-electron chi connectivity index (χ2n) is 4.33. The molecule has 2 aromatic rings. The van der Waals surface area contributed by atoms with Gasteiger partial charge in [0.05, 0.1) is 5.56 Å². The molecule has 0 aliphatic heterocycles. The average molecular weight is 266 g/mol. The molecule has 20 heavy (non-hydrogen) atoms. The van der Waals surface area contributed by atoms with Crippen LogP contribution in [0.3, 0.4) is 0 Å². The van der Waals surface area contributed by atoms with E-state index in [0.717, 1.165) is 5.56 Å². The zero-order valence-electron chi connectivity index (χ0n) is 11.2. The lowest BCUT2D eigenvalue weighted by Gasteiger charge is -2.16. The fourth-order valence-corrected chi connectivity index (χ4v) is 1.75. The van der Waals surface area contributed by atoms with E-state index in [9.17, 15) is 4.79 Å². The van der Waals surface area contributed by atoms with Crippen molar-refractivity contribution in [3.63, 3.8) is 0 Å². The quantitative estimate of drug-likeness (QED) is 0.848. The zero-order valence-corrected chi connectivity index (χ0v) is 11.2. The smallest absolute Gasteiger partial charge is 0.228 e. The van der Waals surface area contributed by atoms with Crippen LogP contribution in [0.4, 0.5) is 5.82 Å².